The number of hydrogen-bond acceptors (Lipinski definition) is 8. The van der Waals surface area contributed by atoms with Gasteiger partial charge in [-0.25, -0.2) is 9.67 Å². The van der Waals surface area contributed by atoms with Crippen LogP contribution >= 0.6 is 0 Å². The van der Waals surface area contributed by atoms with Crippen LogP contribution in [0.2, 0.25) is 0 Å². The summed E-state index contributed by atoms with van der Waals surface area (Å²) in [4.78, 5) is 22.7. The van der Waals surface area contributed by atoms with E-state index in [0.717, 1.165) is 21.9 Å². The van der Waals surface area contributed by atoms with Crippen molar-refractivity contribution >= 4 is 21.9 Å². The van der Waals surface area contributed by atoms with Gasteiger partial charge in [-0.3, -0.25) is 9.36 Å². The van der Waals surface area contributed by atoms with Crippen LogP contribution in [0.25, 0.3) is 44.7 Å². The second kappa shape index (κ2) is 9.16. The van der Waals surface area contributed by atoms with Crippen LogP contribution < -0.4 is 5.56 Å². The fraction of sp³-hybridized carbons (Fsp3) is 0.154. The van der Waals surface area contributed by atoms with Crippen LogP contribution in [0.1, 0.15) is 5.89 Å². The second-order valence-corrected chi connectivity index (χ2v) is 8.21. The van der Waals surface area contributed by atoms with Crippen LogP contribution in [-0.4, -0.2) is 48.4 Å². The van der Waals surface area contributed by atoms with E-state index in [1.54, 1.807) is 11.7 Å². The Morgan fingerprint density at radius 3 is 2.61 bits per heavy atom. The van der Waals surface area contributed by atoms with Gasteiger partial charge in [0.15, 0.2) is 11.2 Å². The summed E-state index contributed by atoms with van der Waals surface area (Å²) in [6.07, 6.45) is 0. The predicted octanol–water partition coefficient (Wildman–Crippen LogP) is 3.55. The van der Waals surface area contributed by atoms with Crippen molar-refractivity contribution in [3.63, 3.8) is 0 Å². The van der Waals surface area contributed by atoms with Gasteiger partial charge in [-0.2, -0.15) is 4.98 Å². The molecule has 0 N–H and O–H groups in total. The smallest absolute Gasteiger partial charge is 0.284 e. The number of nitrogens with zero attached hydrogens (tertiary/aromatic N) is 7. The highest BCUT2D eigenvalue weighted by Gasteiger charge is 2.20. The summed E-state index contributed by atoms with van der Waals surface area (Å²) in [5.41, 5.74) is 1.90. The fourth-order valence-corrected chi connectivity index (χ4v) is 4.22. The molecule has 0 amide bonds. The molecule has 6 aromatic rings. The first kappa shape index (κ1) is 21.8. The molecule has 6 rings (SSSR count). The number of fused-ring (bicyclic) bond motifs is 2. The molecule has 0 bridgehead atoms. The molecule has 10 nitrogen and oxygen atoms in total. The second-order valence-electron chi connectivity index (χ2n) is 8.21. The zero-order chi connectivity index (χ0) is 24.5. The average Bonchev–Trinajstić information content (AvgIpc) is 3.56. The summed E-state index contributed by atoms with van der Waals surface area (Å²) in [5.74, 6) is 1.32. The number of rotatable bonds is 7. The van der Waals surface area contributed by atoms with Crippen molar-refractivity contribution < 1.29 is 9.26 Å². The minimum absolute atomic E-state index is 0.122. The average molecular weight is 480 g/mol. The molecule has 3 aromatic carbocycles. The Hall–Kier alpha value is -4.70. The standard InChI is InChI=1S/C26H21N7O3/c1-35-15-14-32-24(18-9-3-2-4-10-18)28-25-22(26(32)34)29-31-33(25)16-21-27-23(30-36-21)20-13-7-11-17-8-5-6-12-19(17)20/h2-13H,14-16H2,1H3. The van der Waals surface area contributed by atoms with Gasteiger partial charge in [0, 0.05) is 18.2 Å². The molecular weight excluding hydrogens is 458 g/mol. The van der Waals surface area contributed by atoms with Crippen molar-refractivity contribution in [1.29, 1.82) is 0 Å². The summed E-state index contributed by atoms with van der Waals surface area (Å²) >= 11 is 0. The van der Waals surface area contributed by atoms with Gasteiger partial charge in [0.2, 0.25) is 11.7 Å². The van der Waals surface area contributed by atoms with Crippen molar-refractivity contribution in [3.8, 4) is 22.8 Å². The van der Waals surface area contributed by atoms with E-state index >= 15 is 0 Å². The topological polar surface area (TPSA) is 114 Å². The molecule has 0 radical (unpaired) electrons. The summed E-state index contributed by atoms with van der Waals surface area (Å²) in [6.45, 7) is 0.824. The SMILES string of the molecule is COCCn1c(-c2ccccc2)nc2c(nnn2Cc2nc(-c3cccc4ccccc34)no2)c1=O. The van der Waals surface area contributed by atoms with E-state index in [-0.39, 0.29) is 17.6 Å². The van der Waals surface area contributed by atoms with E-state index < -0.39 is 0 Å². The van der Waals surface area contributed by atoms with Crippen molar-refractivity contribution in [2.24, 2.45) is 0 Å². The van der Waals surface area contributed by atoms with Crippen LogP contribution in [0.3, 0.4) is 0 Å². The molecule has 3 aromatic heterocycles. The van der Waals surface area contributed by atoms with Gasteiger partial charge in [0.05, 0.1) is 13.2 Å². The molecule has 0 saturated heterocycles. The molecule has 178 valence electrons. The molecule has 0 atom stereocenters. The third-order valence-electron chi connectivity index (χ3n) is 5.96. The van der Waals surface area contributed by atoms with Crippen molar-refractivity contribution in [2.75, 3.05) is 13.7 Å². The maximum absolute atomic E-state index is 13.3. The molecule has 0 spiro atoms. The quantitative estimate of drug-likeness (QED) is 0.342. The summed E-state index contributed by atoms with van der Waals surface area (Å²) in [6, 6.07) is 23.5. The van der Waals surface area contributed by atoms with Gasteiger partial charge in [-0.15, -0.1) is 5.10 Å². The molecule has 0 saturated carbocycles. The zero-order valence-corrected chi connectivity index (χ0v) is 19.4. The highest BCUT2D eigenvalue weighted by molar-refractivity contribution is 5.94. The Morgan fingerprint density at radius 1 is 0.944 bits per heavy atom. The fourth-order valence-electron chi connectivity index (χ4n) is 4.22. The highest BCUT2D eigenvalue weighted by atomic mass is 16.5. The van der Waals surface area contributed by atoms with Gasteiger partial charge >= 0.3 is 0 Å². The predicted molar refractivity (Wildman–Crippen MR) is 133 cm³/mol. The number of hydrogen-bond donors (Lipinski definition) is 0. The van der Waals surface area contributed by atoms with E-state index in [9.17, 15) is 4.79 Å². The lowest BCUT2D eigenvalue weighted by Crippen LogP contribution is -2.26. The first-order chi connectivity index (χ1) is 17.7. The first-order valence-electron chi connectivity index (χ1n) is 11.4. The van der Waals surface area contributed by atoms with Crippen molar-refractivity contribution in [3.05, 3.63) is 89.0 Å². The number of benzene rings is 3. The van der Waals surface area contributed by atoms with E-state index in [1.165, 1.54) is 4.68 Å². The Bertz CT molecular complexity index is 1730. The van der Waals surface area contributed by atoms with E-state index in [1.807, 2.05) is 72.8 Å². The van der Waals surface area contributed by atoms with Gasteiger partial charge in [0.25, 0.3) is 5.56 Å². The number of aromatic nitrogens is 7. The third-order valence-corrected chi connectivity index (χ3v) is 5.96. The van der Waals surface area contributed by atoms with Crippen LogP contribution in [0.5, 0.6) is 0 Å². The normalized spacial score (nSPS) is 11.5. The molecule has 0 unspecified atom stereocenters. The van der Waals surface area contributed by atoms with Crippen LogP contribution in [-0.2, 0) is 17.8 Å². The lowest BCUT2D eigenvalue weighted by atomic mass is 10.0. The Morgan fingerprint density at radius 2 is 1.75 bits per heavy atom. The van der Waals surface area contributed by atoms with Gasteiger partial charge in [-0.05, 0) is 10.8 Å². The molecular formula is C26H21N7O3. The zero-order valence-electron chi connectivity index (χ0n) is 19.4. The Labute approximate surface area is 204 Å². The Kier molecular flexibility index (Phi) is 5.55. The van der Waals surface area contributed by atoms with Crippen LogP contribution in [0.15, 0.2) is 82.1 Å². The maximum Gasteiger partial charge on any atom is 0.284 e. The summed E-state index contributed by atoms with van der Waals surface area (Å²) in [5, 5.41) is 14.6. The van der Waals surface area contributed by atoms with Gasteiger partial charge in [0.1, 0.15) is 12.4 Å². The summed E-state index contributed by atoms with van der Waals surface area (Å²) < 4.78 is 13.8. The van der Waals surface area contributed by atoms with E-state index in [4.69, 9.17) is 14.2 Å². The Balaban J connectivity index is 1.40. The maximum atomic E-state index is 13.3. The van der Waals surface area contributed by atoms with Gasteiger partial charge < -0.3 is 9.26 Å². The number of methoxy groups -OCH3 is 1. The monoisotopic (exact) mass is 479 g/mol. The van der Waals surface area contributed by atoms with Crippen LogP contribution in [0.4, 0.5) is 0 Å². The molecule has 3 heterocycles. The molecule has 36 heavy (non-hydrogen) atoms. The first-order valence-corrected chi connectivity index (χ1v) is 11.4. The van der Waals surface area contributed by atoms with Gasteiger partial charge in [-0.1, -0.05) is 83.2 Å². The van der Waals surface area contributed by atoms with E-state index in [2.05, 4.69) is 20.5 Å². The third kappa shape index (κ3) is 3.83. The minimum Gasteiger partial charge on any atom is -0.383 e. The number of ether oxygens (including phenoxy) is 1. The molecule has 0 aliphatic heterocycles. The van der Waals surface area contributed by atoms with Crippen molar-refractivity contribution in [2.45, 2.75) is 13.1 Å². The lowest BCUT2D eigenvalue weighted by molar-refractivity contribution is 0.186. The van der Waals surface area contributed by atoms with Crippen molar-refractivity contribution in [1.82, 2.24) is 34.7 Å². The molecule has 0 aliphatic carbocycles. The largest absolute Gasteiger partial charge is 0.383 e. The summed E-state index contributed by atoms with van der Waals surface area (Å²) in [7, 11) is 1.59. The van der Waals surface area contributed by atoms with Crippen LogP contribution in [0, 0.1) is 0 Å². The minimum atomic E-state index is -0.288. The van der Waals surface area contributed by atoms with E-state index in [0.29, 0.717) is 36.3 Å². The highest BCUT2D eigenvalue weighted by Crippen LogP contribution is 2.26. The molecule has 0 aliphatic rings. The molecule has 0 fully saturated rings. The lowest BCUT2D eigenvalue weighted by Gasteiger charge is -2.12. The molecule has 10 heteroatoms.